The molecule has 10 heteroatoms. The number of benzene rings is 2. The van der Waals surface area contributed by atoms with E-state index in [0.717, 1.165) is 23.1 Å². The Morgan fingerprint density at radius 1 is 1.23 bits per heavy atom. The Morgan fingerprint density at radius 3 is 2.77 bits per heavy atom. The number of aromatic nitrogens is 2. The Balaban J connectivity index is 1.35. The van der Waals surface area contributed by atoms with Crippen molar-refractivity contribution in [3.63, 3.8) is 0 Å². The quantitative estimate of drug-likeness (QED) is 0.480. The van der Waals surface area contributed by atoms with Crippen LogP contribution in [0.15, 0.2) is 35.4 Å². The lowest BCUT2D eigenvalue weighted by Crippen LogP contribution is -2.39. The van der Waals surface area contributed by atoms with E-state index in [1.165, 1.54) is 23.0 Å². The minimum atomic E-state index is -0.789. The van der Waals surface area contributed by atoms with Crippen LogP contribution in [0.1, 0.15) is 57.9 Å². The summed E-state index contributed by atoms with van der Waals surface area (Å²) in [5.74, 6) is -1.07. The predicted molar refractivity (Wildman–Crippen MR) is 143 cm³/mol. The fourth-order valence-electron chi connectivity index (χ4n) is 5.48. The molecule has 2 amide bonds. The molecule has 0 saturated carbocycles. The van der Waals surface area contributed by atoms with E-state index in [2.05, 4.69) is 10.3 Å². The molecule has 3 heterocycles. The van der Waals surface area contributed by atoms with Crippen molar-refractivity contribution < 1.29 is 23.8 Å². The van der Waals surface area contributed by atoms with E-state index >= 15 is 0 Å². The topological polar surface area (TPSA) is 114 Å². The maximum atomic E-state index is 15.0. The van der Waals surface area contributed by atoms with E-state index in [1.807, 2.05) is 13.8 Å². The highest BCUT2D eigenvalue weighted by Gasteiger charge is 2.27. The highest BCUT2D eigenvalue weighted by atomic mass is 19.1. The molecule has 0 spiro atoms. The number of hydrogen-bond acceptors (Lipinski definition) is 6. The van der Waals surface area contributed by atoms with Crippen LogP contribution < -0.4 is 10.9 Å². The number of fused-ring (bicyclic) bond motifs is 1. The molecule has 2 N–H and O–H groups in total. The average Bonchev–Trinajstić information content (AvgIpc) is 3.32. The molecular formula is C29H33FN4O5. The summed E-state index contributed by atoms with van der Waals surface area (Å²) in [7, 11) is 0. The fourth-order valence-corrected chi connectivity index (χ4v) is 5.48. The lowest BCUT2D eigenvalue weighted by molar-refractivity contribution is -0.127. The number of carbonyl (C=O) groups excluding carboxylic acids is 2. The van der Waals surface area contributed by atoms with Crippen molar-refractivity contribution in [3.8, 4) is 0 Å². The van der Waals surface area contributed by atoms with Gasteiger partial charge >= 0.3 is 0 Å². The number of likely N-dealkylation sites (tertiary alicyclic amines) is 1. The number of aryl methyl sites for hydroxylation is 1. The van der Waals surface area contributed by atoms with Crippen LogP contribution in [-0.4, -0.2) is 70.3 Å². The summed E-state index contributed by atoms with van der Waals surface area (Å²) in [6, 6.07) is 5.91. The largest absolute Gasteiger partial charge is 0.389 e. The van der Waals surface area contributed by atoms with Crippen molar-refractivity contribution in [2.75, 3.05) is 32.8 Å². The number of amides is 2. The zero-order chi connectivity index (χ0) is 27.7. The number of aliphatic hydroxyl groups is 1. The molecule has 206 valence electrons. The van der Waals surface area contributed by atoms with E-state index in [0.29, 0.717) is 55.4 Å². The maximum Gasteiger partial charge on any atom is 0.261 e. The number of aliphatic hydroxyl groups excluding tert-OH is 1. The Kier molecular flexibility index (Phi) is 7.76. The van der Waals surface area contributed by atoms with Gasteiger partial charge in [-0.3, -0.25) is 19.0 Å². The van der Waals surface area contributed by atoms with Gasteiger partial charge in [0.05, 0.1) is 41.5 Å². The smallest absolute Gasteiger partial charge is 0.261 e. The molecule has 0 unspecified atom stereocenters. The van der Waals surface area contributed by atoms with E-state index < -0.39 is 23.9 Å². The van der Waals surface area contributed by atoms with Gasteiger partial charge in [0.2, 0.25) is 5.91 Å². The Bertz CT molecular complexity index is 1490. The van der Waals surface area contributed by atoms with E-state index in [-0.39, 0.29) is 30.2 Å². The molecule has 0 bridgehead atoms. The second-order valence-corrected chi connectivity index (χ2v) is 10.4. The highest BCUT2D eigenvalue weighted by Crippen LogP contribution is 2.26. The van der Waals surface area contributed by atoms with E-state index in [1.54, 1.807) is 17.0 Å². The molecule has 39 heavy (non-hydrogen) atoms. The van der Waals surface area contributed by atoms with E-state index in [9.17, 15) is 23.9 Å². The molecule has 2 atom stereocenters. The van der Waals surface area contributed by atoms with Crippen molar-refractivity contribution in [1.82, 2.24) is 19.8 Å². The monoisotopic (exact) mass is 536 g/mol. The van der Waals surface area contributed by atoms with E-state index in [4.69, 9.17) is 4.74 Å². The van der Waals surface area contributed by atoms with Gasteiger partial charge in [-0.25, -0.2) is 9.37 Å². The SMILES string of the molecule is Cc1c(Cc2ccc(C(=O)NCCN3CCCC3=O)c(F)c2)cc2c(=O)n([C@H]3CCOC[C@@H]3O)cnc2c1C. The van der Waals surface area contributed by atoms with Crippen molar-refractivity contribution in [3.05, 3.63) is 74.6 Å². The van der Waals surface area contributed by atoms with Crippen molar-refractivity contribution in [2.45, 2.75) is 51.7 Å². The zero-order valence-corrected chi connectivity index (χ0v) is 22.2. The van der Waals surface area contributed by atoms with Crippen LogP contribution in [0.3, 0.4) is 0 Å². The van der Waals surface area contributed by atoms with Crippen LogP contribution in [0, 0.1) is 19.7 Å². The summed E-state index contributed by atoms with van der Waals surface area (Å²) >= 11 is 0. The van der Waals surface area contributed by atoms with Gasteiger partial charge in [-0.2, -0.15) is 0 Å². The molecule has 2 aliphatic heterocycles. The second-order valence-electron chi connectivity index (χ2n) is 10.4. The number of halogens is 1. The van der Waals surface area contributed by atoms with Gasteiger partial charge in [0.1, 0.15) is 5.82 Å². The molecule has 1 aromatic heterocycles. The number of nitrogens with zero attached hydrogens (tertiary/aromatic N) is 3. The third kappa shape index (κ3) is 5.44. The minimum Gasteiger partial charge on any atom is -0.389 e. The lowest BCUT2D eigenvalue weighted by atomic mass is 9.94. The van der Waals surface area contributed by atoms with Gasteiger partial charge in [0.15, 0.2) is 0 Å². The third-order valence-corrected chi connectivity index (χ3v) is 7.91. The number of hydrogen-bond donors (Lipinski definition) is 2. The molecule has 0 aliphatic carbocycles. The molecular weight excluding hydrogens is 503 g/mol. The van der Waals surface area contributed by atoms with Gasteiger partial charge in [-0.1, -0.05) is 6.07 Å². The summed E-state index contributed by atoms with van der Waals surface area (Å²) in [5.41, 5.74) is 3.66. The van der Waals surface area contributed by atoms with Gasteiger partial charge < -0.3 is 20.1 Å². The Morgan fingerprint density at radius 2 is 2.05 bits per heavy atom. The summed E-state index contributed by atoms with van der Waals surface area (Å²) in [6.45, 7) is 5.85. The first-order chi connectivity index (χ1) is 18.7. The minimum absolute atomic E-state index is 0.0555. The maximum absolute atomic E-state index is 15.0. The number of carbonyl (C=O) groups is 2. The third-order valence-electron chi connectivity index (χ3n) is 7.91. The van der Waals surface area contributed by atoms with Gasteiger partial charge in [0.25, 0.3) is 11.5 Å². The zero-order valence-electron chi connectivity index (χ0n) is 22.2. The molecule has 5 rings (SSSR count). The lowest BCUT2D eigenvalue weighted by Gasteiger charge is -2.29. The van der Waals surface area contributed by atoms with Gasteiger partial charge in [-0.15, -0.1) is 0 Å². The summed E-state index contributed by atoms with van der Waals surface area (Å²) in [5, 5.41) is 13.5. The Hall–Kier alpha value is -3.63. The molecule has 2 aliphatic rings. The van der Waals surface area contributed by atoms with Crippen LogP contribution in [-0.2, 0) is 16.0 Å². The average molecular weight is 537 g/mol. The van der Waals surface area contributed by atoms with Crippen LogP contribution in [0.5, 0.6) is 0 Å². The summed E-state index contributed by atoms with van der Waals surface area (Å²) in [6.07, 6.45) is 2.95. The summed E-state index contributed by atoms with van der Waals surface area (Å²) in [4.78, 5) is 43.9. The van der Waals surface area contributed by atoms with Crippen molar-refractivity contribution >= 4 is 22.7 Å². The first-order valence-electron chi connectivity index (χ1n) is 13.3. The van der Waals surface area contributed by atoms with Crippen LogP contribution >= 0.6 is 0 Å². The fraction of sp³-hybridized carbons (Fsp3) is 0.448. The molecule has 2 fully saturated rings. The first kappa shape index (κ1) is 27.0. The van der Waals surface area contributed by atoms with Gasteiger partial charge in [-0.05, 0) is 73.6 Å². The molecule has 2 saturated heterocycles. The molecule has 2 aromatic carbocycles. The first-order valence-corrected chi connectivity index (χ1v) is 13.3. The predicted octanol–water partition coefficient (Wildman–Crippen LogP) is 2.42. The van der Waals surface area contributed by atoms with Crippen LogP contribution in [0.4, 0.5) is 4.39 Å². The summed E-state index contributed by atoms with van der Waals surface area (Å²) < 4.78 is 21.8. The van der Waals surface area contributed by atoms with Crippen molar-refractivity contribution in [2.24, 2.45) is 0 Å². The molecule has 3 aromatic rings. The highest BCUT2D eigenvalue weighted by molar-refractivity contribution is 5.94. The number of rotatable bonds is 7. The number of ether oxygens (including phenoxy) is 1. The van der Waals surface area contributed by atoms with Crippen molar-refractivity contribution in [1.29, 1.82) is 0 Å². The molecule has 9 nitrogen and oxygen atoms in total. The number of nitrogens with one attached hydrogen (secondary N) is 1. The van der Waals surface area contributed by atoms with Crippen LogP contribution in [0.25, 0.3) is 10.9 Å². The Labute approximate surface area is 225 Å². The van der Waals surface area contributed by atoms with Gasteiger partial charge in [0, 0.05) is 32.7 Å². The van der Waals surface area contributed by atoms with Crippen LogP contribution in [0.2, 0.25) is 0 Å². The molecule has 0 radical (unpaired) electrons. The second kappa shape index (κ2) is 11.2. The normalized spacial score (nSPS) is 19.6. The standard InChI is InChI=1S/C29H33FN4O5/c1-17-18(2)27-22(29(38)34(16-32-27)24-7-11-39-15-25(24)35)14-20(17)12-19-5-6-21(23(30)13-19)28(37)31-8-10-33-9-3-4-26(33)36/h5-6,13-14,16,24-25,35H,3-4,7-12,15H2,1-2H3,(H,31,37)/t24-,25-/m0/s1.